The highest BCUT2D eigenvalue weighted by molar-refractivity contribution is 5.84. The van der Waals surface area contributed by atoms with Gasteiger partial charge in [0.15, 0.2) is 0 Å². The number of ether oxygens (including phenoxy) is 1. The predicted molar refractivity (Wildman–Crippen MR) is 60.1 cm³/mol. The van der Waals surface area contributed by atoms with Crippen molar-refractivity contribution >= 4 is 11.9 Å². The number of carbonyl (C=O) groups excluding carboxylic acids is 1. The fraction of sp³-hybridized carbons (Fsp3) is 0.818. The molecule has 0 aromatic rings. The molecule has 0 spiro atoms. The molecule has 0 aliphatic heterocycles. The molecule has 0 aliphatic rings. The summed E-state index contributed by atoms with van der Waals surface area (Å²) in [5, 5.41) is 11.3. The standard InChI is InChI=1S/C11H21NO4/c1-7(2)9(10(14)15)12-8(13)6-16-11(3,4)5/h7,9H,6H2,1-5H3,(H,12,13)(H,14,15)/t9-/m1/s1. The first-order valence-electron chi connectivity index (χ1n) is 5.29. The topological polar surface area (TPSA) is 75.6 Å². The first-order valence-corrected chi connectivity index (χ1v) is 5.29. The van der Waals surface area contributed by atoms with E-state index >= 15 is 0 Å². The number of carbonyl (C=O) groups is 2. The van der Waals surface area contributed by atoms with E-state index in [1.807, 2.05) is 20.8 Å². The average Bonchev–Trinajstić information content (AvgIpc) is 2.08. The van der Waals surface area contributed by atoms with Crippen LogP contribution >= 0.6 is 0 Å². The van der Waals surface area contributed by atoms with E-state index in [2.05, 4.69) is 5.32 Å². The van der Waals surface area contributed by atoms with Gasteiger partial charge in [0, 0.05) is 0 Å². The molecule has 0 aromatic carbocycles. The van der Waals surface area contributed by atoms with Crippen LogP contribution < -0.4 is 5.32 Å². The Bertz CT molecular complexity index is 255. The van der Waals surface area contributed by atoms with Gasteiger partial charge in [-0.1, -0.05) is 13.8 Å². The van der Waals surface area contributed by atoms with Crippen molar-refractivity contribution in [1.82, 2.24) is 5.32 Å². The minimum atomic E-state index is -1.03. The van der Waals surface area contributed by atoms with E-state index in [0.29, 0.717) is 0 Å². The van der Waals surface area contributed by atoms with Crippen LogP contribution in [0.3, 0.4) is 0 Å². The number of carboxylic acids is 1. The molecule has 0 saturated heterocycles. The highest BCUT2D eigenvalue weighted by Crippen LogP contribution is 2.06. The Morgan fingerprint density at radius 3 is 2.12 bits per heavy atom. The Kier molecular flexibility index (Phi) is 5.44. The molecular weight excluding hydrogens is 210 g/mol. The molecule has 1 atom stereocenters. The molecule has 0 unspecified atom stereocenters. The molecule has 0 radical (unpaired) electrons. The molecule has 0 aliphatic carbocycles. The zero-order valence-electron chi connectivity index (χ0n) is 10.5. The van der Waals surface area contributed by atoms with Crippen molar-refractivity contribution in [3.63, 3.8) is 0 Å². The van der Waals surface area contributed by atoms with Crippen LogP contribution in [0.4, 0.5) is 0 Å². The Morgan fingerprint density at radius 1 is 1.31 bits per heavy atom. The van der Waals surface area contributed by atoms with Crippen molar-refractivity contribution in [2.45, 2.75) is 46.3 Å². The quantitative estimate of drug-likeness (QED) is 0.741. The molecule has 5 heteroatoms. The number of hydrogen-bond acceptors (Lipinski definition) is 3. The van der Waals surface area contributed by atoms with Crippen LogP contribution in [0, 0.1) is 5.92 Å². The zero-order chi connectivity index (χ0) is 12.9. The molecule has 16 heavy (non-hydrogen) atoms. The fourth-order valence-corrected chi connectivity index (χ4v) is 1.01. The summed E-state index contributed by atoms with van der Waals surface area (Å²) in [6, 6.07) is -0.865. The van der Waals surface area contributed by atoms with E-state index in [1.165, 1.54) is 0 Å². The summed E-state index contributed by atoms with van der Waals surface area (Å²) in [7, 11) is 0. The fourth-order valence-electron chi connectivity index (χ4n) is 1.01. The maximum atomic E-state index is 11.4. The van der Waals surface area contributed by atoms with Crippen molar-refractivity contribution in [2.75, 3.05) is 6.61 Å². The molecule has 0 rings (SSSR count). The lowest BCUT2D eigenvalue weighted by atomic mass is 10.1. The van der Waals surface area contributed by atoms with E-state index in [0.717, 1.165) is 0 Å². The largest absolute Gasteiger partial charge is 0.480 e. The number of carboxylic acid groups (broad SMARTS) is 1. The van der Waals surface area contributed by atoms with Gasteiger partial charge in [0.2, 0.25) is 5.91 Å². The molecular formula is C11H21NO4. The van der Waals surface area contributed by atoms with E-state index < -0.39 is 23.5 Å². The first kappa shape index (κ1) is 14.9. The van der Waals surface area contributed by atoms with Gasteiger partial charge in [-0.3, -0.25) is 4.79 Å². The van der Waals surface area contributed by atoms with Gasteiger partial charge in [-0.05, 0) is 26.7 Å². The monoisotopic (exact) mass is 231 g/mol. The number of aliphatic carboxylic acids is 1. The van der Waals surface area contributed by atoms with Crippen molar-refractivity contribution in [2.24, 2.45) is 5.92 Å². The van der Waals surface area contributed by atoms with Gasteiger partial charge in [-0.25, -0.2) is 4.79 Å². The van der Waals surface area contributed by atoms with Gasteiger partial charge in [-0.2, -0.15) is 0 Å². The van der Waals surface area contributed by atoms with Gasteiger partial charge in [-0.15, -0.1) is 0 Å². The number of nitrogens with one attached hydrogen (secondary N) is 1. The van der Waals surface area contributed by atoms with Gasteiger partial charge in [0.05, 0.1) is 5.60 Å². The van der Waals surface area contributed by atoms with Gasteiger partial charge in [0.1, 0.15) is 12.6 Å². The molecule has 0 saturated carbocycles. The molecule has 2 N–H and O–H groups in total. The van der Waals surface area contributed by atoms with Gasteiger partial charge in [0.25, 0.3) is 0 Å². The molecule has 0 heterocycles. The Morgan fingerprint density at radius 2 is 1.81 bits per heavy atom. The SMILES string of the molecule is CC(C)[C@@H](NC(=O)COC(C)(C)C)C(=O)O. The molecule has 94 valence electrons. The van der Waals surface area contributed by atoms with Crippen LogP contribution in [0.1, 0.15) is 34.6 Å². The van der Waals surface area contributed by atoms with E-state index in [4.69, 9.17) is 9.84 Å². The van der Waals surface area contributed by atoms with Gasteiger partial charge >= 0.3 is 5.97 Å². The van der Waals surface area contributed by atoms with Crippen molar-refractivity contribution in [1.29, 1.82) is 0 Å². The zero-order valence-corrected chi connectivity index (χ0v) is 10.5. The van der Waals surface area contributed by atoms with E-state index in [-0.39, 0.29) is 12.5 Å². The minimum absolute atomic E-state index is 0.125. The summed E-state index contributed by atoms with van der Waals surface area (Å²) in [5.74, 6) is -1.59. The second-order valence-electron chi connectivity index (χ2n) is 5.03. The average molecular weight is 231 g/mol. The normalized spacial score (nSPS) is 13.6. The van der Waals surface area contributed by atoms with Crippen molar-refractivity contribution < 1.29 is 19.4 Å². The third kappa shape index (κ3) is 6.40. The van der Waals surface area contributed by atoms with Gasteiger partial charge < -0.3 is 15.2 Å². The second kappa shape index (κ2) is 5.84. The minimum Gasteiger partial charge on any atom is -0.480 e. The summed E-state index contributed by atoms with van der Waals surface area (Å²) in [6.45, 7) is 8.85. The summed E-state index contributed by atoms with van der Waals surface area (Å²) >= 11 is 0. The lowest BCUT2D eigenvalue weighted by molar-refractivity contribution is -0.144. The maximum Gasteiger partial charge on any atom is 0.326 e. The lowest BCUT2D eigenvalue weighted by Gasteiger charge is -2.21. The van der Waals surface area contributed by atoms with Crippen molar-refractivity contribution in [3.8, 4) is 0 Å². The molecule has 0 bridgehead atoms. The lowest BCUT2D eigenvalue weighted by Crippen LogP contribution is -2.46. The molecule has 0 fully saturated rings. The Labute approximate surface area is 96.2 Å². The number of hydrogen-bond donors (Lipinski definition) is 2. The number of rotatable bonds is 5. The third-order valence-electron chi connectivity index (χ3n) is 1.89. The van der Waals surface area contributed by atoms with Crippen LogP contribution in [0.2, 0.25) is 0 Å². The second-order valence-corrected chi connectivity index (χ2v) is 5.03. The van der Waals surface area contributed by atoms with Crippen molar-refractivity contribution in [3.05, 3.63) is 0 Å². The predicted octanol–water partition coefficient (Wildman–Crippen LogP) is 1.03. The van der Waals surface area contributed by atoms with E-state index in [9.17, 15) is 9.59 Å². The summed E-state index contributed by atoms with van der Waals surface area (Å²) < 4.78 is 5.25. The highest BCUT2D eigenvalue weighted by Gasteiger charge is 2.24. The maximum absolute atomic E-state index is 11.4. The Hall–Kier alpha value is -1.10. The van der Waals surface area contributed by atoms with Crippen LogP contribution in [-0.2, 0) is 14.3 Å². The Balaban J connectivity index is 4.17. The molecule has 1 amide bonds. The highest BCUT2D eigenvalue weighted by atomic mass is 16.5. The van der Waals surface area contributed by atoms with Crippen LogP contribution in [-0.4, -0.2) is 35.2 Å². The summed E-state index contributed by atoms with van der Waals surface area (Å²) in [4.78, 5) is 22.2. The van der Waals surface area contributed by atoms with Crippen LogP contribution in [0.25, 0.3) is 0 Å². The third-order valence-corrected chi connectivity index (χ3v) is 1.89. The first-order chi connectivity index (χ1) is 7.13. The smallest absolute Gasteiger partial charge is 0.326 e. The van der Waals surface area contributed by atoms with Crippen LogP contribution in [0.5, 0.6) is 0 Å². The summed E-state index contributed by atoms with van der Waals surface area (Å²) in [6.07, 6.45) is 0. The number of amides is 1. The molecule has 0 aromatic heterocycles. The summed E-state index contributed by atoms with van der Waals surface area (Å²) in [5.41, 5.74) is -0.409. The van der Waals surface area contributed by atoms with E-state index in [1.54, 1.807) is 13.8 Å². The van der Waals surface area contributed by atoms with Crippen LogP contribution in [0.15, 0.2) is 0 Å². The molecule has 5 nitrogen and oxygen atoms in total.